The van der Waals surface area contributed by atoms with Crippen LogP contribution in [0.25, 0.3) is 11.1 Å². The third kappa shape index (κ3) is 12.3. The maximum atomic E-state index is 13.5. The van der Waals surface area contributed by atoms with Gasteiger partial charge in [-0.3, -0.25) is 9.59 Å². The van der Waals surface area contributed by atoms with E-state index >= 15 is 0 Å². The van der Waals surface area contributed by atoms with E-state index < -0.39 is 11.2 Å². The molecule has 2 aliphatic heterocycles. The van der Waals surface area contributed by atoms with Crippen molar-refractivity contribution in [2.24, 2.45) is 29.6 Å². The van der Waals surface area contributed by atoms with Crippen LogP contribution in [0, 0.1) is 29.6 Å². The van der Waals surface area contributed by atoms with Crippen molar-refractivity contribution in [2.75, 3.05) is 19.6 Å². The predicted molar refractivity (Wildman–Crippen MR) is 263 cm³/mol. The number of fused-ring (bicyclic) bond motifs is 4. The molecule has 8 rings (SSSR count). The molecule has 10 heteroatoms. The van der Waals surface area contributed by atoms with Crippen LogP contribution in [0.3, 0.4) is 0 Å². The molecule has 4 aliphatic carbocycles. The molecule has 2 atom stereocenters. The highest BCUT2D eigenvalue weighted by Gasteiger charge is 2.43. The molecule has 2 saturated carbocycles. The Balaban J connectivity index is 0.000000197. The Bertz CT molecular complexity index is 2140. The van der Waals surface area contributed by atoms with Crippen LogP contribution in [0.15, 0.2) is 59.7 Å². The van der Waals surface area contributed by atoms with Gasteiger partial charge in [-0.1, -0.05) is 76.2 Å². The van der Waals surface area contributed by atoms with Gasteiger partial charge in [0.05, 0.1) is 12.1 Å². The predicted octanol–water partition coefficient (Wildman–Crippen LogP) is 11.3. The molecule has 2 N–H and O–H groups in total. The molecular formula is C56H80N4O6. The summed E-state index contributed by atoms with van der Waals surface area (Å²) in [6.45, 7) is 22.5. The zero-order chi connectivity index (χ0) is 47.5. The molecule has 2 unspecified atom stereocenters. The molecule has 0 saturated heterocycles. The first-order valence-corrected chi connectivity index (χ1v) is 25.4. The summed E-state index contributed by atoms with van der Waals surface area (Å²) in [6.07, 6.45) is 11.4. The van der Waals surface area contributed by atoms with E-state index in [4.69, 9.17) is 9.47 Å². The van der Waals surface area contributed by atoms with E-state index in [1.807, 2.05) is 41.5 Å². The summed E-state index contributed by atoms with van der Waals surface area (Å²) in [5.41, 5.74) is 10.6. The summed E-state index contributed by atoms with van der Waals surface area (Å²) in [5, 5.41) is 5.87. The molecule has 0 radical (unpaired) electrons. The fraction of sp³-hybridized carbons (Fsp3) is 0.643. The highest BCUT2D eigenvalue weighted by atomic mass is 16.6. The molecule has 360 valence electrons. The van der Waals surface area contributed by atoms with E-state index in [9.17, 15) is 19.2 Å². The van der Waals surface area contributed by atoms with Gasteiger partial charge in [-0.2, -0.15) is 0 Å². The summed E-state index contributed by atoms with van der Waals surface area (Å²) in [5.74, 6) is 2.56. The number of nitrogens with zero attached hydrogens (tertiary/aromatic N) is 2. The first kappa shape index (κ1) is 49.3. The third-order valence-electron chi connectivity index (χ3n) is 14.5. The Kier molecular flexibility index (Phi) is 15.5. The lowest BCUT2D eigenvalue weighted by molar-refractivity contribution is -0.142. The van der Waals surface area contributed by atoms with E-state index in [0.29, 0.717) is 48.5 Å². The van der Waals surface area contributed by atoms with E-state index in [-0.39, 0.29) is 36.2 Å². The minimum atomic E-state index is -0.491. The van der Waals surface area contributed by atoms with Gasteiger partial charge < -0.3 is 29.9 Å². The zero-order valence-corrected chi connectivity index (χ0v) is 41.9. The Labute approximate surface area is 396 Å². The summed E-state index contributed by atoms with van der Waals surface area (Å²) in [7, 11) is 0. The van der Waals surface area contributed by atoms with Crippen LogP contribution in [0.1, 0.15) is 162 Å². The normalized spacial score (nSPS) is 24.7. The third-order valence-corrected chi connectivity index (χ3v) is 14.5. The maximum Gasteiger partial charge on any atom is 0.407 e. The first-order chi connectivity index (χ1) is 31.2. The molecule has 0 bridgehead atoms. The summed E-state index contributed by atoms with van der Waals surface area (Å²) in [4.78, 5) is 55.4. The number of ether oxygens (including phenoxy) is 2. The number of benzene rings is 2. The van der Waals surface area contributed by atoms with E-state index in [2.05, 4.69) is 96.7 Å². The average molecular weight is 905 g/mol. The number of alkyl carbamates (subject to hydrolysis) is 2. The van der Waals surface area contributed by atoms with Crippen molar-refractivity contribution in [2.45, 2.75) is 182 Å². The Morgan fingerprint density at radius 1 is 0.652 bits per heavy atom. The van der Waals surface area contributed by atoms with Gasteiger partial charge in [0.1, 0.15) is 11.2 Å². The lowest BCUT2D eigenvalue weighted by Crippen LogP contribution is -2.51. The lowest BCUT2D eigenvalue weighted by Gasteiger charge is -2.43. The number of nitrogens with one attached hydrogen (secondary N) is 2. The highest BCUT2D eigenvalue weighted by Crippen LogP contribution is 2.45. The van der Waals surface area contributed by atoms with Crippen LogP contribution in [0.4, 0.5) is 9.59 Å². The monoisotopic (exact) mass is 905 g/mol. The fourth-order valence-electron chi connectivity index (χ4n) is 11.5. The summed E-state index contributed by atoms with van der Waals surface area (Å²) >= 11 is 0. The smallest absolute Gasteiger partial charge is 0.407 e. The van der Waals surface area contributed by atoms with Gasteiger partial charge in [0.15, 0.2) is 0 Å². The number of carbonyl (C=O) groups is 4. The van der Waals surface area contributed by atoms with E-state index in [1.165, 1.54) is 44.5 Å². The van der Waals surface area contributed by atoms with Crippen molar-refractivity contribution in [1.82, 2.24) is 20.4 Å². The standard InChI is InChI=1S/C29H42N2O3.C27H38N2O3/c1-19(2)16-26-25-18-21-8-6-7-9-23(21)24(25)14-15-31(26)27(32)17-20-10-12-22(13-11-20)30-28(33)34-29(3,4)5;1-17(2)12-24-23-15-19-8-6-7-9-21(19)22(23)10-11-29(24)25(30)20-13-18(14-20)16-28-26(31)32-27(3,4)5/h6-9,19-20,22,26H,10-18H2,1-5H3,(H,30,33);6-9,17-18,20,24H,10-16H2,1-5H3,(H,28,31). The van der Waals surface area contributed by atoms with Crippen LogP contribution >= 0.6 is 0 Å². The van der Waals surface area contributed by atoms with Crippen LogP contribution in [-0.2, 0) is 31.9 Å². The number of hydrogen-bond acceptors (Lipinski definition) is 6. The van der Waals surface area contributed by atoms with Gasteiger partial charge in [0, 0.05) is 38.0 Å². The molecule has 0 spiro atoms. The molecule has 2 aromatic carbocycles. The SMILES string of the molecule is CC(C)CC1C2=C(CCN1C(=O)C1CC(CNC(=O)OC(C)(C)C)C1)c1ccccc1C2.CC(C)CC1C2=C(CCN1C(=O)CC1CCC(NC(=O)OC(C)(C)C)CC1)c1ccccc1C2. The maximum absolute atomic E-state index is 13.5. The Hall–Kier alpha value is -4.60. The second-order valence-corrected chi connectivity index (χ2v) is 23.1. The van der Waals surface area contributed by atoms with Crippen LogP contribution in [0.5, 0.6) is 0 Å². The first-order valence-electron chi connectivity index (χ1n) is 25.4. The van der Waals surface area contributed by atoms with Gasteiger partial charge in [0.25, 0.3) is 0 Å². The van der Waals surface area contributed by atoms with Gasteiger partial charge in [0.2, 0.25) is 11.8 Å². The number of hydrogen-bond donors (Lipinski definition) is 2. The molecule has 10 nitrogen and oxygen atoms in total. The number of amides is 4. The van der Waals surface area contributed by atoms with Crippen LogP contribution in [0.2, 0.25) is 0 Å². The molecular weight excluding hydrogens is 825 g/mol. The van der Waals surface area contributed by atoms with Crippen molar-refractivity contribution < 1.29 is 28.7 Å². The molecule has 6 aliphatic rings. The topological polar surface area (TPSA) is 117 Å². The number of carbonyl (C=O) groups excluding carboxylic acids is 4. The summed E-state index contributed by atoms with van der Waals surface area (Å²) < 4.78 is 10.7. The van der Waals surface area contributed by atoms with E-state index in [0.717, 1.165) is 90.1 Å². The second kappa shape index (κ2) is 20.7. The quantitative estimate of drug-likeness (QED) is 0.245. The Morgan fingerprint density at radius 3 is 1.65 bits per heavy atom. The van der Waals surface area contributed by atoms with Gasteiger partial charge in [-0.25, -0.2) is 9.59 Å². The molecule has 2 heterocycles. The fourth-order valence-corrected chi connectivity index (χ4v) is 11.5. The van der Waals surface area contributed by atoms with Gasteiger partial charge in [-0.05, 0) is 187 Å². The zero-order valence-electron chi connectivity index (χ0n) is 41.9. The molecule has 2 fully saturated rings. The second-order valence-electron chi connectivity index (χ2n) is 23.1. The average Bonchev–Trinajstić information content (AvgIpc) is 3.79. The number of rotatable bonds is 10. The minimum Gasteiger partial charge on any atom is -0.444 e. The van der Waals surface area contributed by atoms with E-state index in [1.54, 1.807) is 0 Å². The van der Waals surface area contributed by atoms with Crippen molar-refractivity contribution in [1.29, 1.82) is 0 Å². The van der Waals surface area contributed by atoms with Gasteiger partial charge in [-0.15, -0.1) is 0 Å². The van der Waals surface area contributed by atoms with Crippen LogP contribution in [-0.4, -0.2) is 82.8 Å². The lowest BCUT2D eigenvalue weighted by atomic mass is 9.73. The van der Waals surface area contributed by atoms with Crippen molar-refractivity contribution in [3.8, 4) is 0 Å². The summed E-state index contributed by atoms with van der Waals surface area (Å²) in [6, 6.07) is 18.1. The van der Waals surface area contributed by atoms with Crippen molar-refractivity contribution in [3.05, 3.63) is 81.9 Å². The largest absolute Gasteiger partial charge is 0.444 e. The minimum absolute atomic E-state index is 0.0843. The molecule has 2 aromatic rings. The van der Waals surface area contributed by atoms with Crippen molar-refractivity contribution in [3.63, 3.8) is 0 Å². The molecule has 0 aromatic heterocycles. The van der Waals surface area contributed by atoms with Crippen LogP contribution < -0.4 is 10.6 Å². The molecule has 4 amide bonds. The highest BCUT2D eigenvalue weighted by molar-refractivity contribution is 5.85. The Morgan fingerprint density at radius 2 is 1.14 bits per heavy atom. The van der Waals surface area contributed by atoms with Gasteiger partial charge >= 0.3 is 12.2 Å². The van der Waals surface area contributed by atoms with Crippen molar-refractivity contribution >= 4 is 35.1 Å². The molecule has 66 heavy (non-hydrogen) atoms.